The second kappa shape index (κ2) is 8.74. The maximum atomic E-state index is 12.0. The average molecular weight is 383 g/mol. The molecule has 7 heteroatoms. The number of ether oxygens (including phenoxy) is 2. The molecule has 2 aromatic rings. The minimum atomic E-state index is -0.775. The summed E-state index contributed by atoms with van der Waals surface area (Å²) in [5.74, 6) is -0.788. The smallest absolute Gasteiger partial charge is 0.345 e. The van der Waals surface area contributed by atoms with Gasteiger partial charge in [-0.3, -0.25) is 0 Å². The number of esters is 2. The largest absolute Gasteiger partial charge is 0.462 e. The monoisotopic (exact) mass is 382 g/mol. The molecule has 0 aliphatic rings. The van der Waals surface area contributed by atoms with Gasteiger partial charge in [0.2, 0.25) is 0 Å². The Bertz CT molecular complexity index is 788. The Hall–Kier alpha value is -2.24. The summed E-state index contributed by atoms with van der Waals surface area (Å²) in [6, 6.07) is 8.28. The molecule has 0 saturated carbocycles. The summed E-state index contributed by atoms with van der Waals surface area (Å²) in [6.07, 6.45) is 1.28. The third kappa shape index (κ3) is 4.87. The van der Waals surface area contributed by atoms with Gasteiger partial charge >= 0.3 is 11.9 Å². The minimum absolute atomic E-state index is 0.138. The molecule has 0 saturated heterocycles. The van der Waals surface area contributed by atoms with E-state index < -0.39 is 11.9 Å². The van der Waals surface area contributed by atoms with Crippen LogP contribution in [0.5, 0.6) is 0 Å². The van der Waals surface area contributed by atoms with Gasteiger partial charge in [0.15, 0.2) is 0 Å². The summed E-state index contributed by atoms with van der Waals surface area (Å²) in [6.45, 7) is 3.57. The van der Waals surface area contributed by atoms with Crippen LogP contribution in [-0.2, 0) is 19.1 Å². The standard InChI is InChI=1S/C18H16Cl2O5/c1-3-23-17(21)14(18(22)24-4-2)10-12-6-8-16(25-12)13-7-5-11(19)9-15(13)20/h5-10H,3-4H2,1-2H3. The van der Waals surface area contributed by atoms with Crippen molar-refractivity contribution in [2.24, 2.45) is 0 Å². The maximum absolute atomic E-state index is 12.0. The summed E-state index contributed by atoms with van der Waals surface area (Å²) in [5.41, 5.74) is 0.395. The molecule has 0 amide bonds. The molecule has 0 atom stereocenters. The van der Waals surface area contributed by atoms with Crippen molar-refractivity contribution in [3.8, 4) is 11.3 Å². The van der Waals surface area contributed by atoms with Gasteiger partial charge in [-0.1, -0.05) is 23.2 Å². The average Bonchev–Trinajstić information content (AvgIpc) is 3.01. The van der Waals surface area contributed by atoms with E-state index in [1.54, 1.807) is 44.2 Å². The number of hydrogen-bond acceptors (Lipinski definition) is 5. The van der Waals surface area contributed by atoms with Crippen molar-refractivity contribution < 1.29 is 23.5 Å². The fourth-order valence-electron chi connectivity index (χ4n) is 2.03. The first-order chi connectivity index (χ1) is 12.0. The topological polar surface area (TPSA) is 65.7 Å². The lowest BCUT2D eigenvalue weighted by Crippen LogP contribution is -2.18. The molecular formula is C18H16Cl2O5. The zero-order valence-corrected chi connectivity index (χ0v) is 15.2. The van der Waals surface area contributed by atoms with Crippen molar-refractivity contribution in [3.05, 3.63) is 51.7 Å². The molecule has 0 N–H and O–H groups in total. The van der Waals surface area contributed by atoms with Gasteiger partial charge in [-0.05, 0) is 44.2 Å². The van der Waals surface area contributed by atoms with Crippen LogP contribution in [-0.4, -0.2) is 25.2 Å². The van der Waals surface area contributed by atoms with Gasteiger partial charge < -0.3 is 13.9 Å². The molecule has 25 heavy (non-hydrogen) atoms. The Morgan fingerprint density at radius 2 is 1.68 bits per heavy atom. The fraction of sp³-hybridized carbons (Fsp3) is 0.222. The van der Waals surface area contributed by atoms with Crippen molar-refractivity contribution in [1.82, 2.24) is 0 Å². The first-order valence-corrected chi connectivity index (χ1v) is 8.33. The molecule has 132 valence electrons. The quantitative estimate of drug-likeness (QED) is 0.311. The first-order valence-electron chi connectivity index (χ1n) is 7.57. The highest BCUT2D eigenvalue weighted by Crippen LogP contribution is 2.32. The van der Waals surface area contributed by atoms with Crippen LogP contribution < -0.4 is 0 Å². The van der Waals surface area contributed by atoms with Crippen molar-refractivity contribution in [2.75, 3.05) is 13.2 Å². The van der Waals surface area contributed by atoms with Crippen LogP contribution in [0.4, 0.5) is 0 Å². The SMILES string of the molecule is CCOC(=O)C(=Cc1ccc(-c2ccc(Cl)cc2Cl)o1)C(=O)OCC. The van der Waals surface area contributed by atoms with E-state index in [-0.39, 0.29) is 24.5 Å². The van der Waals surface area contributed by atoms with Crippen LogP contribution in [0, 0.1) is 0 Å². The molecule has 0 unspecified atom stereocenters. The molecule has 5 nitrogen and oxygen atoms in total. The van der Waals surface area contributed by atoms with Crippen molar-refractivity contribution in [3.63, 3.8) is 0 Å². The zero-order valence-electron chi connectivity index (χ0n) is 13.7. The number of benzene rings is 1. The normalized spacial score (nSPS) is 10.2. The van der Waals surface area contributed by atoms with Gasteiger partial charge in [-0.15, -0.1) is 0 Å². The summed E-state index contributed by atoms with van der Waals surface area (Å²) >= 11 is 12.0. The van der Waals surface area contributed by atoms with Crippen LogP contribution in [0.1, 0.15) is 19.6 Å². The van der Waals surface area contributed by atoms with Gasteiger partial charge in [0.1, 0.15) is 17.1 Å². The summed E-state index contributed by atoms with van der Waals surface area (Å²) in [7, 11) is 0. The van der Waals surface area contributed by atoms with E-state index >= 15 is 0 Å². The van der Waals surface area contributed by atoms with E-state index in [2.05, 4.69) is 0 Å². The Morgan fingerprint density at radius 3 is 2.24 bits per heavy atom. The van der Waals surface area contributed by atoms with Crippen LogP contribution in [0.2, 0.25) is 10.0 Å². The Morgan fingerprint density at radius 1 is 1.04 bits per heavy atom. The van der Waals surface area contributed by atoms with Gasteiger partial charge in [0.25, 0.3) is 0 Å². The van der Waals surface area contributed by atoms with Crippen LogP contribution in [0.3, 0.4) is 0 Å². The highest BCUT2D eigenvalue weighted by molar-refractivity contribution is 6.36. The number of furan rings is 1. The van der Waals surface area contributed by atoms with Gasteiger partial charge in [0, 0.05) is 16.7 Å². The number of halogens is 2. The lowest BCUT2D eigenvalue weighted by Gasteiger charge is -2.05. The second-order valence-electron chi connectivity index (χ2n) is 4.83. The van der Waals surface area contributed by atoms with E-state index in [1.165, 1.54) is 6.08 Å². The highest BCUT2D eigenvalue weighted by Gasteiger charge is 2.22. The second-order valence-corrected chi connectivity index (χ2v) is 5.67. The Balaban J connectivity index is 2.36. The molecule has 0 aliphatic heterocycles. The van der Waals surface area contributed by atoms with Crippen LogP contribution in [0.15, 0.2) is 40.3 Å². The minimum Gasteiger partial charge on any atom is -0.462 e. The maximum Gasteiger partial charge on any atom is 0.345 e. The van der Waals surface area contributed by atoms with Crippen LogP contribution >= 0.6 is 23.2 Å². The highest BCUT2D eigenvalue weighted by atomic mass is 35.5. The lowest BCUT2D eigenvalue weighted by molar-refractivity contribution is -0.146. The molecule has 1 heterocycles. The first kappa shape index (κ1) is 19.1. The molecule has 2 rings (SSSR count). The Labute approximate surface area is 155 Å². The van der Waals surface area contributed by atoms with E-state index in [0.717, 1.165) is 0 Å². The number of rotatable bonds is 6. The van der Waals surface area contributed by atoms with Crippen molar-refractivity contribution in [2.45, 2.75) is 13.8 Å². The van der Waals surface area contributed by atoms with E-state index in [4.69, 9.17) is 37.1 Å². The zero-order chi connectivity index (χ0) is 18.4. The van der Waals surface area contributed by atoms with Gasteiger partial charge in [0.05, 0.1) is 18.2 Å². The van der Waals surface area contributed by atoms with E-state index in [0.29, 0.717) is 21.4 Å². The van der Waals surface area contributed by atoms with Gasteiger partial charge in [-0.2, -0.15) is 0 Å². The van der Waals surface area contributed by atoms with Crippen molar-refractivity contribution >= 4 is 41.2 Å². The van der Waals surface area contributed by atoms with Crippen LogP contribution in [0.25, 0.3) is 17.4 Å². The van der Waals surface area contributed by atoms with E-state index in [1.807, 2.05) is 0 Å². The molecule has 0 radical (unpaired) electrons. The van der Waals surface area contributed by atoms with E-state index in [9.17, 15) is 9.59 Å². The summed E-state index contributed by atoms with van der Waals surface area (Å²) in [5, 5.41) is 0.931. The summed E-state index contributed by atoms with van der Waals surface area (Å²) < 4.78 is 15.4. The molecule has 1 aromatic heterocycles. The van der Waals surface area contributed by atoms with Crippen molar-refractivity contribution in [1.29, 1.82) is 0 Å². The number of carbonyl (C=O) groups excluding carboxylic acids is 2. The molecule has 0 aliphatic carbocycles. The van der Waals surface area contributed by atoms with Gasteiger partial charge in [-0.25, -0.2) is 9.59 Å². The Kier molecular flexibility index (Phi) is 6.67. The molecule has 0 fully saturated rings. The number of hydrogen-bond donors (Lipinski definition) is 0. The third-order valence-electron chi connectivity index (χ3n) is 3.10. The molecule has 0 spiro atoms. The molecule has 0 bridgehead atoms. The molecular weight excluding hydrogens is 367 g/mol. The number of carbonyl (C=O) groups is 2. The summed E-state index contributed by atoms with van der Waals surface area (Å²) in [4.78, 5) is 23.9. The lowest BCUT2D eigenvalue weighted by atomic mass is 10.2. The predicted molar refractivity (Wildman–Crippen MR) is 95.4 cm³/mol. The third-order valence-corrected chi connectivity index (χ3v) is 3.65. The fourth-order valence-corrected chi connectivity index (χ4v) is 2.53. The molecule has 1 aromatic carbocycles. The predicted octanol–water partition coefficient (Wildman–Crippen LogP) is 4.76.